The number of carbonyl (C=O) groups is 1. The van der Waals surface area contributed by atoms with Crippen LogP contribution in [0.3, 0.4) is 0 Å². The van der Waals surface area contributed by atoms with E-state index in [-0.39, 0.29) is 5.91 Å². The van der Waals surface area contributed by atoms with Crippen molar-refractivity contribution < 1.29 is 4.79 Å². The van der Waals surface area contributed by atoms with E-state index in [0.717, 1.165) is 32.0 Å². The Hall–Kier alpha value is -3.07. The van der Waals surface area contributed by atoms with E-state index in [2.05, 4.69) is 54.0 Å². The van der Waals surface area contributed by atoms with Crippen molar-refractivity contribution >= 4 is 23.6 Å². The molecular formula is C18H24N8O. The summed E-state index contributed by atoms with van der Waals surface area (Å²) in [5.41, 5.74) is 0.448. The highest BCUT2D eigenvalue weighted by Gasteiger charge is 2.18. The zero-order valence-corrected chi connectivity index (χ0v) is 15.6. The van der Waals surface area contributed by atoms with E-state index in [1.54, 1.807) is 12.1 Å². The highest BCUT2D eigenvalue weighted by molar-refractivity contribution is 5.94. The number of hydrogen-bond donors (Lipinski definition) is 2. The normalized spacial score (nSPS) is 14.7. The summed E-state index contributed by atoms with van der Waals surface area (Å²) in [6.07, 6.45) is 3.54. The Labute approximate surface area is 158 Å². The lowest BCUT2D eigenvalue weighted by molar-refractivity contribution is 0.0970. The Kier molecular flexibility index (Phi) is 5.92. The molecule has 1 aliphatic rings. The molecule has 0 unspecified atom stereocenters. The molecule has 0 bridgehead atoms. The molecule has 2 N–H and O–H groups in total. The Morgan fingerprint density at radius 2 is 2.00 bits per heavy atom. The van der Waals surface area contributed by atoms with Crippen molar-refractivity contribution in [3.8, 4) is 0 Å². The number of amides is 1. The second-order valence-corrected chi connectivity index (χ2v) is 6.25. The fourth-order valence-electron chi connectivity index (χ4n) is 2.66. The minimum absolute atomic E-state index is 0.255. The van der Waals surface area contributed by atoms with E-state index < -0.39 is 0 Å². The van der Waals surface area contributed by atoms with Crippen LogP contribution in [0, 0.1) is 0 Å². The van der Waals surface area contributed by atoms with E-state index >= 15 is 0 Å². The van der Waals surface area contributed by atoms with Gasteiger partial charge >= 0.3 is 0 Å². The number of anilines is 3. The van der Waals surface area contributed by atoms with Crippen molar-refractivity contribution in [2.45, 2.75) is 13.3 Å². The number of piperazine rings is 1. The van der Waals surface area contributed by atoms with E-state index in [1.165, 1.54) is 12.4 Å². The minimum atomic E-state index is -0.255. The summed E-state index contributed by atoms with van der Waals surface area (Å²) in [4.78, 5) is 34.0. The highest BCUT2D eigenvalue weighted by Crippen LogP contribution is 2.16. The SMILES string of the molecule is C=CNC(=O)c1ccc(Nc2nc(CC)nc(N3CCN(C)CC3)n2)nc1. The zero-order valence-electron chi connectivity index (χ0n) is 15.6. The highest BCUT2D eigenvalue weighted by atomic mass is 16.1. The van der Waals surface area contributed by atoms with Crippen molar-refractivity contribution in [3.63, 3.8) is 0 Å². The maximum Gasteiger partial charge on any atom is 0.256 e. The van der Waals surface area contributed by atoms with Crippen LogP contribution in [-0.2, 0) is 6.42 Å². The van der Waals surface area contributed by atoms with Crippen LogP contribution in [0.1, 0.15) is 23.1 Å². The maximum atomic E-state index is 11.8. The van der Waals surface area contributed by atoms with E-state index in [9.17, 15) is 4.79 Å². The summed E-state index contributed by atoms with van der Waals surface area (Å²) in [7, 11) is 2.11. The Bertz CT molecular complexity index is 800. The number of hydrogen-bond acceptors (Lipinski definition) is 8. The number of pyridine rings is 1. The average Bonchev–Trinajstić information content (AvgIpc) is 2.69. The molecule has 9 nitrogen and oxygen atoms in total. The molecule has 1 aliphatic heterocycles. The zero-order chi connectivity index (χ0) is 19.2. The fraction of sp³-hybridized carbons (Fsp3) is 0.389. The summed E-state index contributed by atoms with van der Waals surface area (Å²) in [5, 5.41) is 5.62. The largest absolute Gasteiger partial charge is 0.338 e. The van der Waals surface area contributed by atoms with E-state index in [4.69, 9.17) is 0 Å². The van der Waals surface area contributed by atoms with Gasteiger partial charge in [0.25, 0.3) is 5.91 Å². The fourth-order valence-corrected chi connectivity index (χ4v) is 2.66. The molecule has 1 amide bonds. The molecule has 3 rings (SSSR count). The number of likely N-dealkylation sites (N-methyl/N-ethyl adjacent to an activating group) is 1. The van der Waals surface area contributed by atoms with Crippen LogP contribution in [0.2, 0.25) is 0 Å². The first kappa shape index (κ1) is 18.7. The van der Waals surface area contributed by atoms with Crippen LogP contribution in [0.15, 0.2) is 31.1 Å². The number of rotatable bonds is 6. The Morgan fingerprint density at radius 1 is 1.22 bits per heavy atom. The molecule has 2 aromatic heterocycles. The molecule has 0 aliphatic carbocycles. The molecule has 0 saturated carbocycles. The minimum Gasteiger partial charge on any atom is -0.338 e. The van der Waals surface area contributed by atoms with Gasteiger partial charge in [-0.05, 0) is 25.4 Å². The van der Waals surface area contributed by atoms with Crippen LogP contribution in [0.25, 0.3) is 0 Å². The van der Waals surface area contributed by atoms with Crippen molar-refractivity contribution in [2.24, 2.45) is 0 Å². The Morgan fingerprint density at radius 3 is 2.63 bits per heavy atom. The molecule has 27 heavy (non-hydrogen) atoms. The number of aryl methyl sites for hydroxylation is 1. The molecule has 0 atom stereocenters. The average molecular weight is 368 g/mol. The van der Waals surface area contributed by atoms with Gasteiger partial charge in [0.1, 0.15) is 11.6 Å². The molecule has 142 valence electrons. The molecule has 1 fully saturated rings. The Balaban J connectivity index is 1.77. The molecule has 0 radical (unpaired) electrons. The van der Waals surface area contributed by atoms with E-state index in [1.807, 2.05) is 6.92 Å². The third kappa shape index (κ3) is 4.76. The van der Waals surface area contributed by atoms with Crippen LogP contribution in [0.5, 0.6) is 0 Å². The summed E-state index contributed by atoms with van der Waals surface area (Å²) >= 11 is 0. The van der Waals surface area contributed by atoms with Gasteiger partial charge in [0.05, 0.1) is 5.56 Å². The predicted molar refractivity (Wildman–Crippen MR) is 104 cm³/mol. The smallest absolute Gasteiger partial charge is 0.256 e. The topological polar surface area (TPSA) is 99.2 Å². The van der Waals surface area contributed by atoms with Gasteiger partial charge in [0.2, 0.25) is 11.9 Å². The predicted octanol–water partition coefficient (Wildman–Crippen LogP) is 1.20. The number of nitrogens with zero attached hydrogens (tertiary/aromatic N) is 6. The van der Waals surface area contributed by atoms with Gasteiger partial charge in [-0.3, -0.25) is 4.79 Å². The van der Waals surface area contributed by atoms with Gasteiger partial charge in [-0.25, -0.2) is 4.98 Å². The van der Waals surface area contributed by atoms with Crippen molar-refractivity contribution in [3.05, 3.63) is 42.5 Å². The third-order valence-electron chi connectivity index (χ3n) is 4.27. The van der Waals surface area contributed by atoms with Gasteiger partial charge < -0.3 is 20.4 Å². The molecule has 9 heteroatoms. The van der Waals surface area contributed by atoms with Crippen LogP contribution < -0.4 is 15.5 Å². The van der Waals surface area contributed by atoms with Gasteiger partial charge in [-0.2, -0.15) is 15.0 Å². The molecule has 0 aromatic carbocycles. The quantitative estimate of drug-likeness (QED) is 0.785. The van der Waals surface area contributed by atoms with Crippen LogP contribution in [0.4, 0.5) is 17.7 Å². The maximum absolute atomic E-state index is 11.8. The number of nitrogens with one attached hydrogen (secondary N) is 2. The van der Waals surface area contributed by atoms with Gasteiger partial charge in [0, 0.05) is 38.8 Å². The van der Waals surface area contributed by atoms with Crippen LogP contribution in [-0.4, -0.2) is 64.0 Å². The van der Waals surface area contributed by atoms with Gasteiger partial charge in [-0.15, -0.1) is 0 Å². The summed E-state index contributed by atoms with van der Waals surface area (Å²) < 4.78 is 0. The summed E-state index contributed by atoms with van der Waals surface area (Å²) in [6.45, 7) is 9.21. The lowest BCUT2D eigenvalue weighted by Crippen LogP contribution is -2.45. The third-order valence-corrected chi connectivity index (χ3v) is 4.27. The molecule has 3 heterocycles. The van der Waals surface area contributed by atoms with Crippen molar-refractivity contribution in [2.75, 3.05) is 43.4 Å². The van der Waals surface area contributed by atoms with Gasteiger partial charge in [0.15, 0.2) is 0 Å². The first-order chi connectivity index (χ1) is 13.1. The second-order valence-electron chi connectivity index (χ2n) is 6.25. The lowest BCUT2D eigenvalue weighted by atomic mass is 10.2. The summed E-state index contributed by atoms with van der Waals surface area (Å²) in [6, 6.07) is 3.39. The molecule has 2 aromatic rings. The summed E-state index contributed by atoms with van der Waals surface area (Å²) in [5.74, 6) is 2.16. The molecule has 1 saturated heterocycles. The second kappa shape index (κ2) is 8.54. The van der Waals surface area contributed by atoms with E-state index in [0.29, 0.717) is 29.7 Å². The van der Waals surface area contributed by atoms with Crippen LogP contribution >= 0.6 is 0 Å². The lowest BCUT2D eigenvalue weighted by Gasteiger charge is -2.32. The van der Waals surface area contributed by atoms with Crippen molar-refractivity contribution in [1.82, 2.24) is 30.2 Å². The first-order valence-electron chi connectivity index (χ1n) is 8.92. The first-order valence-corrected chi connectivity index (χ1v) is 8.92. The monoisotopic (exact) mass is 368 g/mol. The van der Waals surface area contributed by atoms with Crippen molar-refractivity contribution in [1.29, 1.82) is 0 Å². The standard InChI is InChI=1S/C18H24N8O/c1-4-14-21-17(24-18(23-14)26-10-8-25(3)9-11-26)22-15-7-6-13(12-20-15)16(27)19-5-2/h5-7,12H,2,4,8-11H2,1,3H3,(H,19,27)(H,20,21,22,23,24). The number of aromatic nitrogens is 4. The number of carbonyl (C=O) groups excluding carboxylic acids is 1. The molecule has 0 spiro atoms. The molecular weight excluding hydrogens is 344 g/mol. The van der Waals surface area contributed by atoms with Gasteiger partial charge in [-0.1, -0.05) is 13.5 Å².